The van der Waals surface area contributed by atoms with Crippen molar-refractivity contribution in [2.24, 2.45) is 0 Å². The Balaban J connectivity index is 2.18. The Kier molecular flexibility index (Phi) is 3.39. The second-order valence-electron chi connectivity index (χ2n) is 3.78. The molecule has 4 nitrogen and oxygen atoms in total. The van der Waals surface area contributed by atoms with Crippen LogP contribution in [0, 0.1) is 0 Å². The third kappa shape index (κ3) is 2.16. The Labute approximate surface area is 99.0 Å². The topological polar surface area (TPSA) is 52.1 Å². The van der Waals surface area contributed by atoms with E-state index in [1.54, 1.807) is 6.92 Å². The summed E-state index contributed by atoms with van der Waals surface area (Å²) in [4.78, 5) is 19.8. The van der Waals surface area contributed by atoms with E-state index in [1.165, 1.54) is 12.6 Å². The molecule has 1 aromatic heterocycles. The van der Waals surface area contributed by atoms with E-state index in [-0.39, 0.29) is 10.7 Å². The molecule has 1 saturated carbocycles. The number of hydrogen-bond donors (Lipinski definition) is 0. The van der Waals surface area contributed by atoms with Crippen LogP contribution in [-0.2, 0) is 4.74 Å². The van der Waals surface area contributed by atoms with Crippen LogP contribution in [0.3, 0.4) is 0 Å². The van der Waals surface area contributed by atoms with Crippen molar-refractivity contribution in [3.63, 3.8) is 0 Å². The lowest BCUT2D eigenvalue weighted by Gasteiger charge is -2.23. The number of esters is 1. The SMILES string of the molecule is CCOC(=O)c1cnc(C2CCC2)nc1Cl. The smallest absolute Gasteiger partial charge is 0.342 e. The first kappa shape index (κ1) is 11.3. The lowest BCUT2D eigenvalue weighted by molar-refractivity contribution is 0.0525. The average Bonchev–Trinajstić information content (AvgIpc) is 2.15. The van der Waals surface area contributed by atoms with Crippen molar-refractivity contribution in [3.05, 3.63) is 22.7 Å². The number of carbonyl (C=O) groups is 1. The molecule has 0 atom stereocenters. The first-order chi connectivity index (χ1) is 7.72. The Morgan fingerprint density at radius 3 is 2.88 bits per heavy atom. The predicted molar refractivity (Wildman–Crippen MR) is 59.6 cm³/mol. The van der Waals surface area contributed by atoms with Gasteiger partial charge in [0.15, 0.2) is 0 Å². The zero-order valence-electron chi connectivity index (χ0n) is 9.07. The Hall–Kier alpha value is -1.16. The highest BCUT2D eigenvalue weighted by Gasteiger charge is 2.24. The molecule has 86 valence electrons. The fourth-order valence-electron chi connectivity index (χ4n) is 1.58. The second-order valence-corrected chi connectivity index (χ2v) is 4.14. The van der Waals surface area contributed by atoms with E-state index in [4.69, 9.17) is 16.3 Å². The first-order valence-electron chi connectivity index (χ1n) is 5.42. The number of ether oxygens (including phenoxy) is 1. The Morgan fingerprint density at radius 1 is 1.62 bits per heavy atom. The van der Waals surface area contributed by atoms with E-state index in [0.29, 0.717) is 12.5 Å². The molecule has 0 N–H and O–H groups in total. The monoisotopic (exact) mass is 240 g/mol. The molecule has 0 radical (unpaired) electrons. The highest BCUT2D eigenvalue weighted by Crippen LogP contribution is 2.34. The van der Waals surface area contributed by atoms with Gasteiger partial charge in [0.05, 0.1) is 6.61 Å². The molecule has 1 aromatic rings. The summed E-state index contributed by atoms with van der Waals surface area (Å²) < 4.78 is 4.85. The number of nitrogens with zero attached hydrogens (tertiary/aromatic N) is 2. The van der Waals surface area contributed by atoms with Crippen LogP contribution in [0.5, 0.6) is 0 Å². The van der Waals surface area contributed by atoms with Crippen molar-refractivity contribution in [2.45, 2.75) is 32.1 Å². The van der Waals surface area contributed by atoms with Gasteiger partial charge in [-0.15, -0.1) is 0 Å². The molecular weight excluding hydrogens is 228 g/mol. The fourth-order valence-corrected chi connectivity index (χ4v) is 1.80. The lowest BCUT2D eigenvalue weighted by Crippen LogP contribution is -2.15. The van der Waals surface area contributed by atoms with Crippen molar-refractivity contribution < 1.29 is 9.53 Å². The highest BCUT2D eigenvalue weighted by molar-refractivity contribution is 6.32. The second kappa shape index (κ2) is 4.78. The summed E-state index contributed by atoms with van der Waals surface area (Å²) >= 11 is 5.93. The maximum atomic E-state index is 11.4. The maximum absolute atomic E-state index is 11.4. The van der Waals surface area contributed by atoms with Gasteiger partial charge in [-0.1, -0.05) is 18.0 Å². The molecule has 2 rings (SSSR count). The zero-order valence-corrected chi connectivity index (χ0v) is 9.83. The maximum Gasteiger partial charge on any atom is 0.342 e. The standard InChI is InChI=1S/C11H13ClN2O2/c1-2-16-11(15)8-6-13-10(14-9(8)12)7-4-3-5-7/h6-7H,2-5H2,1H3. The van der Waals surface area contributed by atoms with Crippen molar-refractivity contribution in [2.75, 3.05) is 6.61 Å². The number of hydrogen-bond acceptors (Lipinski definition) is 4. The molecule has 1 aliphatic carbocycles. The summed E-state index contributed by atoms with van der Waals surface area (Å²) in [7, 11) is 0. The van der Waals surface area contributed by atoms with E-state index in [0.717, 1.165) is 18.7 Å². The van der Waals surface area contributed by atoms with E-state index < -0.39 is 5.97 Å². The Bertz CT molecular complexity index is 405. The highest BCUT2D eigenvalue weighted by atomic mass is 35.5. The van der Waals surface area contributed by atoms with E-state index in [9.17, 15) is 4.79 Å². The third-order valence-electron chi connectivity index (χ3n) is 2.73. The van der Waals surface area contributed by atoms with Crippen LogP contribution in [-0.4, -0.2) is 22.5 Å². The van der Waals surface area contributed by atoms with Crippen LogP contribution < -0.4 is 0 Å². The van der Waals surface area contributed by atoms with Gasteiger partial charge in [-0.3, -0.25) is 0 Å². The third-order valence-corrected chi connectivity index (χ3v) is 3.01. The summed E-state index contributed by atoms with van der Waals surface area (Å²) in [6.45, 7) is 2.06. The Morgan fingerprint density at radius 2 is 2.38 bits per heavy atom. The van der Waals surface area contributed by atoms with Gasteiger partial charge in [-0.2, -0.15) is 0 Å². The van der Waals surface area contributed by atoms with Crippen LogP contribution in [0.1, 0.15) is 48.3 Å². The molecule has 0 spiro atoms. The number of carbonyl (C=O) groups excluding carboxylic acids is 1. The largest absolute Gasteiger partial charge is 0.462 e. The van der Waals surface area contributed by atoms with Crippen LogP contribution in [0.2, 0.25) is 5.15 Å². The van der Waals surface area contributed by atoms with Crippen molar-refractivity contribution in [1.82, 2.24) is 9.97 Å². The molecule has 5 heteroatoms. The summed E-state index contributed by atoms with van der Waals surface area (Å²) in [5.41, 5.74) is 0.242. The predicted octanol–water partition coefficient (Wildman–Crippen LogP) is 2.57. The lowest BCUT2D eigenvalue weighted by atomic mass is 9.85. The molecule has 1 fully saturated rings. The average molecular weight is 241 g/mol. The van der Waals surface area contributed by atoms with Crippen LogP contribution >= 0.6 is 11.6 Å². The number of rotatable bonds is 3. The van der Waals surface area contributed by atoms with E-state index in [2.05, 4.69) is 9.97 Å². The van der Waals surface area contributed by atoms with E-state index >= 15 is 0 Å². The molecule has 0 amide bonds. The normalized spacial score (nSPS) is 15.6. The number of aromatic nitrogens is 2. The number of halogens is 1. The van der Waals surface area contributed by atoms with Gasteiger partial charge in [-0.25, -0.2) is 14.8 Å². The van der Waals surface area contributed by atoms with E-state index in [1.807, 2.05) is 0 Å². The van der Waals surface area contributed by atoms with Crippen molar-refractivity contribution in [3.8, 4) is 0 Å². The van der Waals surface area contributed by atoms with Crippen LogP contribution in [0.15, 0.2) is 6.20 Å². The minimum absolute atomic E-state index is 0.190. The molecule has 0 saturated heterocycles. The molecule has 0 aliphatic heterocycles. The van der Waals surface area contributed by atoms with Crippen molar-refractivity contribution in [1.29, 1.82) is 0 Å². The van der Waals surface area contributed by atoms with Crippen molar-refractivity contribution >= 4 is 17.6 Å². The molecule has 0 unspecified atom stereocenters. The first-order valence-corrected chi connectivity index (χ1v) is 5.79. The summed E-state index contributed by atoms with van der Waals surface area (Å²) in [6.07, 6.45) is 4.89. The van der Waals surface area contributed by atoms with Gasteiger partial charge in [0.1, 0.15) is 16.5 Å². The molecule has 1 aliphatic rings. The summed E-state index contributed by atoms with van der Waals surface area (Å²) in [5, 5.41) is 0.190. The fraction of sp³-hybridized carbons (Fsp3) is 0.545. The molecule has 1 heterocycles. The summed E-state index contributed by atoms with van der Waals surface area (Å²) in [6, 6.07) is 0. The van der Waals surface area contributed by atoms with Crippen LogP contribution in [0.4, 0.5) is 0 Å². The van der Waals surface area contributed by atoms with Gasteiger partial charge in [0.25, 0.3) is 0 Å². The molecule has 0 bridgehead atoms. The minimum Gasteiger partial charge on any atom is -0.462 e. The molecule has 16 heavy (non-hydrogen) atoms. The van der Waals surface area contributed by atoms with Gasteiger partial charge < -0.3 is 4.74 Å². The minimum atomic E-state index is -0.465. The molecular formula is C11H13ClN2O2. The quantitative estimate of drug-likeness (QED) is 0.602. The van der Waals surface area contributed by atoms with Gasteiger partial charge in [-0.05, 0) is 19.8 Å². The zero-order chi connectivity index (χ0) is 11.5. The molecule has 0 aromatic carbocycles. The van der Waals surface area contributed by atoms with Gasteiger partial charge in [0.2, 0.25) is 0 Å². The van der Waals surface area contributed by atoms with Gasteiger partial charge >= 0.3 is 5.97 Å². The summed E-state index contributed by atoms with van der Waals surface area (Å²) in [5.74, 6) is 0.686. The van der Waals surface area contributed by atoms with Gasteiger partial charge in [0, 0.05) is 12.1 Å². The van der Waals surface area contributed by atoms with Crippen LogP contribution in [0.25, 0.3) is 0 Å².